The van der Waals surface area contributed by atoms with Gasteiger partial charge in [-0.1, -0.05) is 12.1 Å². The number of aromatic nitrogens is 1. The van der Waals surface area contributed by atoms with E-state index in [-0.39, 0.29) is 5.91 Å². The van der Waals surface area contributed by atoms with Crippen molar-refractivity contribution in [2.75, 3.05) is 7.11 Å². The monoisotopic (exact) mass is 246 g/mol. The van der Waals surface area contributed by atoms with E-state index in [1.165, 1.54) is 7.11 Å². The summed E-state index contributed by atoms with van der Waals surface area (Å²) in [6.45, 7) is 1.58. The minimum Gasteiger partial charge on any atom is -0.467 e. The lowest BCUT2D eigenvalue weighted by molar-refractivity contribution is -0.142. The number of methoxy groups -OCH3 is 1. The Morgan fingerprint density at radius 1 is 1.33 bits per heavy atom. The van der Waals surface area contributed by atoms with Gasteiger partial charge in [-0.15, -0.1) is 0 Å². The molecule has 0 radical (unpaired) electrons. The number of nitrogens with one attached hydrogen (secondary N) is 2. The van der Waals surface area contributed by atoms with Gasteiger partial charge in [-0.2, -0.15) is 0 Å². The molecule has 1 atom stereocenters. The minimum atomic E-state index is -0.673. The molecule has 0 spiro atoms. The molecule has 0 aliphatic heterocycles. The highest BCUT2D eigenvalue weighted by Crippen LogP contribution is 2.16. The third-order valence-corrected chi connectivity index (χ3v) is 2.73. The number of fused-ring (bicyclic) bond motifs is 1. The summed E-state index contributed by atoms with van der Waals surface area (Å²) in [5.74, 6) is -0.775. The summed E-state index contributed by atoms with van der Waals surface area (Å²) >= 11 is 0. The van der Waals surface area contributed by atoms with Crippen LogP contribution >= 0.6 is 0 Å². The lowest BCUT2D eigenvalue weighted by atomic mass is 10.1. The molecule has 0 saturated heterocycles. The predicted octanol–water partition coefficient (Wildman–Crippen LogP) is 1.46. The average Bonchev–Trinajstić information content (AvgIpc) is 2.85. The maximum absolute atomic E-state index is 12.0. The van der Waals surface area contributed by atoms with Crippen molar-refractivity contribution in [3.63, 3.8) is 0 Å². The second kappa shape index (κ2) is 4.91. The third-order valence-electron chi connectivity index (χ3n) is 2.73. The van der Waals surface area contributed by atoms with E-state index < -0.39 is 12.0 Å². The van der Waals surface area contributed by atoms with Gasteiger partial charge in [0.1, 0.15) is 6.04 Å². The van der Waals surface area contributed by atoms with Gasteiger partial charge in [0.15, 0.2) is 0 Å². The van der Waals surface area contributed by atoms with Crippen LogP contribution in [-0.2, 0) is 9.53 Å². The van der Waals surface area contributed by atoms with Crippen LogP contribution < -0.4 is 5.32 Å². The Morgan fingerprint density at radius 3 is 2.83 bits per heavy atom. The van der Waals surface area contributed by atoms with E-state index in [1.54, 1.807) is 25.3 Å². The molecule has 94 valence electrons. The summed E-state index contributed by atoms with van der Waals surface area (Å²) < 4.78 is 4.56. The van der Waals surface area contributed by atoms with Gasteiger partial charge in [-0.3, -0.25) is 4.79 Å². The molecule has 1 unspecified atom stereocenters. The van der Waals surface area contributed by atoms with Crippen LogP contribution in [0, 0.1) is 0 Å². The lowest BCUT2D eigenvalue weighted by Gasteiger charge is -2.11. The molecule has 0 fully saturated rings. The topological polar surface area (TPSA) is 71.2 Å². The SMILES string of the molecule is COC(=O)C(C)NC(=O)c1cccc2cc[nH]c12. The summed E-state index contributed by atoms with van der Waals surface area (Å²) in [6.07, 6.45) is 1.77. The molecule has 1 aromatic carbocycles. The number of para-hydroxylation sites is 1. The molecule has 1 heterocycles. The van der Waals surface area contributed by atoms with Gasteiger partial charge in [0.05, 0.1) is 18.2 Å². The molecule has 0 aliphatic rings. The van der Waals surface area contributed by atoms with Crippen molar-refractivity contribution < 1.29 is 14.3 Å². The van der Waals surface area contributed by atoms with Gasteiger partial charge in [0.2, 0.25) is 0 Å². The average molecular weight is 246 g/mol. The number of H-pyrrole nitrogens is 1. The second-order valence-corrected chi connectivity index (χ2v) is 3.97. The summed E-state index contributed by atoms with van der Waals surface area (Å²) in [4.78, 5) is 26.3. The Bertz CT molecular complexity index is 589. The summed E-state index contributed by atoms with van der Waals surface area (Å²) in [5.41, 5.74) is 1.26. The zero-order valence-corrected chi connectivity index (χ0v) is 10.2. The van der Waals surface area contributed by atoms with Crippen molar-refractivity contribution in [1.82, 2.24) is 10.3 Å². The number of ether oxygens (including phenoxy) is 1. The molecule has 0 aliphatic carbocycles. The maximum atomic E-state index is 12.0. The first-order chi connectivity index (χ1) is 8.63. The van der Waals surface area contributed by atoms with Crippen molar-refractivity contribution >= 4 is 22.8 Å². The molecule has 1 amide bonds. The van der Waals surface area contributed by atoms with E-state index in [0.717, 1.165) is 10.9 Å². The Balaban J connectivity index is 2.24. The van der Waals surface area contributed by atoms with Crippen LogP contribution in [-0.4, -0.2) is 30.0 Å². The number of aromatic amines is 1. The summed E-state index contributed by atoms with van der Waals surface area (Å²) in [6, 6.07) is 6.63. The largest absolute Gasteiger partial charge is 0.467 e. The molecule has 0 saturated carbocycles. The van der Waals surface area contributed by atoms with Gasteiger partial charge in [0, 0.05) is 11.6 Å². The van der Waals surface area contributed by atoms with Crippen molar-refractivity contribution in [3.05, 3.63) is 36.0 Å². The fraction of sp³-hybridized carbons (Fsp3) is 0.231. The zero-order chi connectivity index (χ0) is 13.1. The van der Waals surface area contributed by atoms with Crippen molar-refractivity contribution in [2.45, 2.75) is 13.0 Å². The molecule has 2 rings (SSSR count). The molecule has 5 heteroatoms. The highest BCUT2D eigenvalue weighted by Gasteiger charge is 2.18. The van der Waals surface area contributed by atoms with E-state index in [2.05, 4.69) is 15.0 Å². The van der Waals surface area contributed by atoms with Crippen LogP contribution in [0.2, 0.25) is 0 Å². The van der Waals surface area contributed by atoms with Gasteiger partial charge >= 0.3 is 5.97 Å². The van der Waals surface area contributed by atoms with Gasteiger partial charge in [0.25, 0.3) is 5.91 Å². The molecule has 2 aromatic rings. The molecule has 1 aromatic heterocycles. The second-order valence-electron chi connectivity index (χ2n) is 3.97. The number of hydrogen-bond donors (Lipinski definition) is 2. The van der Waals surface area contributed by atoms with Gasteiger partial charge in [-0.25, -0.2) is 4.79 Å². The van der Waals surface area contributed by atoms with E-state index in [4.69, 9.17) is 0 Å². The summed E-state index contributed by atoms with van der Waals surface area (Å²) in [7, 11) is 1.29. The highest BCUT2D eigenvalue weighted by atomic mass is 16.5. The number of carbonyl (C=O) groups is 2. The van der Waals surface area contributed by atoms with Crippen molar-refractivity contribution in [1.29, 1.82) is 0 Å². The number of amides is 1. The van der Waals surface area contributed by atoms with Crippen LogP contribution in [0.3, 0.4) is 0 Å². The molecule has 18 heavy (non-hydrogen) atoms. The Morgan fingerprint density at radius 2 is 2.11 bits per heavy atom. The first kappa shape index (κ1) is 12.2. The Hall–Kier alpha value is -2.30. The van der Waals surface area contributed by atoms with E-state index >= 15 is 0 Å². The van der Waals surface area contributed by atoms with E-state index in [1.807, 2.05) is 12.1 Å². The molecular weight excluding hydrogens is 232 g/mol. The molecular formula is C13H14N2O3. The first-order valence-corrected chi connectivity index (χ1v) is 5.58. The minimum absolute atomic E-state index is 0.305. The Labute approximate surface area is 104 Å². The predicted molar refractivity (Wildman–Crippen MR) is 67.2 cm³/mol. The first-order valence-electron chi connectivity index (χ1n) is 5.58. The standard InChI is InChI=1S/C13H14N2O3/c1-8(13(17)18-2)15-12(16)10-5-3-4-9-6-7-14-11(9)10/h3-8,14H,1-2H3,(H,15,16). The molecule has 0 bridgehead atoms. The third kappa shape index (κ3) is 2.20. The van der Waals surface area contributed by atoms with Gasteiger partial charge in [-0.05, 0) is 19.1 Å². The summed E-state index contributed by atoms with van der Waals surface area (Å²) in [5, 5.41) is 3.55. The molecule has 5 nitrogen and oxygen atoms in total. The van der Waals surface area contributed by atoms with Crippen molar-refractivity contribution in [3.8, 4) is 0 Å². The number of rotatable bonds is 3. The van der Waals surface area contributed by atoms with Crippen LogP contribution in [0.4, 0.5) is 0 Å². The number of carbonyl (C=O) groups excluding carboxylic acids is 2. The normalized spacial score (nSPS) is 12.1. The zero-order valence-electron chi connectivity index (χ0n) is 10.2. The number of esters is 1. The lowest BCUT2D eigenvalue weighted by Crippen LogP contribution is -2.39. The van der Waals surface area contributed by atoms with Gasteiger partial charge < -0.3 is 15.0 Å². The van der Waals surface area contributed by atoms with Crippen LogP contribution in [0.15, 0.2) is 30.5 Å². The maximum Gasteiger partial charge on any atom is 0.328 e. The van der Waals surface area contributed by atoms with E-state index in [0.29, 0.717) is 5.56 Å². The quantitative estimate of drug-likeness (QED) is 0.805. The van der Waals surface area contributed by atoms with Crippen LogP contribution in [0.1, 0.15) is 17.3 Å². The molecule has 2 N–H and O–H groups in total. The van der Waals surface area contributed by atoms with Crippen LogP contribution in [0.5, 0.6) is 0 Å². The highest BCUT2D eigenvalue weighted by molar-refractivity contribution is 6.06. The van der Waals surface area contributed by atoms with Crippen LogP contribution in [0.25, 0.3) is 10.9 Å². The number of hydrogen-bond acceptors (Lipinski definition) is 3. The Kier molecular flexibility index (Phi) is 3.32. The fourth-order valence-corrected chi connectivity index (χ4v) is 1.78. The fourth-order valence-electron chi connectivity index (χ4n) is 1.78. The number of benzene rings is 1. The van der Waals surface area contributed by atoms with E-state index in [9.17, 15) is 9.59 Å². The van der Waals surface area contributed by atoms with Crippen molar-refractivity contribution in [2.24, 2.45) is 0 Å². The smallest absolute Gasteiger partial charge is 0.328 e.